The molecule has 0 aliphatic carbocycles. The number of sulfonamides is 1. The first-order valence-electron chi connectivity index (χ1n) is 10.7. The smallest absolute Gasteiger partial charge is 0.289 e. The van der Waals surface area contributed by atoms with E-state index < -0.39 is 10.0 Å². The Morgan fingerprint density at radius 2 is 1.85 bits per heavy atom. The number of hydrogen-bond acceptors (Lipinski definition) is 7. The molecule has 172 valence electrons. The molecule has 0 radical (unpaired) electrons. The fourth-order valence-corrected chi connectivity index (χ4v) is 6.62. The van der Waals surface area contributed by atoms with Crippen molar-refractivity contribution in [2.75, 3.05) is 26.2 Å². The van der Waals surface area contributed by atoms with Crippen molar-refractivity contribution in [1.82, 2.24) is 24.2 Å². The van der Waals surface area contributed by atoms with Crippen LogP contribution >= 0.6 is 11.3 Å². The lowest BCUT2D eigenvalue weighted by atomic mass is 10.3. The van der Waals surface area contributed by atoms with Crippen molar-refractivity contribution in [3.63, 3.8) is 0 Å². The molecule has 1 aromatic carbocycles. The SMILES string of the molecule is O=C(c1ccc(-c2nc3ccccc3s2)o1)N1CCN(S(=O)(=O)c2c[nH]c3ncccc23)CC1. The van der Waals surface area contributed by atoms with Gasteiger partial charge in [-0.1, -0.05) is 12.1 Å². The minimum atomic E-state index is -3.71. The lowest BCUT2D eigenvalue weighted by Crippen LogP contribution is -2.50. The minimum absolute atomic E-state index is 0.196. The summed E-state index contributed by atoms with van der Waals surface area (Å²) < 4.78 is 34.7. The number of fused-ring (bicyclic) bond motifs is 2. The number of pyridine rings is 1. The Balaban J connectivity index is 1.16. The van der Waals surface area contributed by atoms with Crippen LogP contribution in [0, 0.1) is 0 Å². The molecule has 5 aromatic rings. The molecule has 0 atom stereocenters. The number of nitrogens with one attached hydrogen (secondary N) is 1. The third-order valence-corrected chi connectivity index (χ3v) is 8.87. The molecule has 1 N–H and O–H groups in total. The lowest BCUT2D eigenvalue weighted by molar-refractivity contribution is 0.0667. The van der Waals surface area contributed by atoms with Crippen molar-refractivity contribution in [2.45, 2.75) is 4.90 Å². The molecule has 34 heavy (non-hydrogen) atoms. The van der Waals surface area contributed by atoms with Crippen LogP contribution in [0.25, 0.3) is 32.0 Å². The Hall–Kier alpha value is -3.54. The van der Waals surface area contributed by atoms with Gasteiger partial charge in [0.05, 0.1) is 10.2 Å². The molecule has 1 aliphatic heterocycles. The van der Waals surface area contributed by atoms with Crippen molar-refractivity contribution >= 4 is 48.5 Å². The normalized spacial score (nSPS) is 15.4. The highest BCUT2D eigenvalue weighted by Crippen LogP contribution is 2.31. The number of para-hydroxylation sites is 1. The van der Waals surface area contributed by atoms with Crippen molar-refractivity contribution in [1.29, 1.82) is 0 Å². The van der Waals surface area contributed by atoms with Crippen LogP contribution < -0.4 is 0 Å². The van der Waals surface area contributed by atoms with E-state index in [1.807, 2.05) is 24.3 Å². The molecule has 1 saturated heterocycles. The maximum atomic E-state index is 13.2. The Bertz CT molecular complexity index is 1590. The number of nitrogens with zero attached hydrogens (tertiary/aromatic N) is 4. The van der Waals surface area contributed by atoms with Crippen molar-refractivity contribution < 1.29 is 17.6 Å². The topological polar surface area (TPSA) is 112 Å². The summed E-state index contributed by atoms with van der Waals surface area (Å²) >= 11 is 1.50. The molecule has 4 aromatic heterocycles. The van der Waals surface area contributed by atoms with Gasteiger partial charge in [-0.3, -0.25) is 4.79 Å². The number of carbonyl (C=O) groups excluding carboxylic acids is 1. The summed E-state index contributed by atoms with van der Waals surface area (Å²) in [6, 6.07) is 14.6. The van der Waals surface area contributed by atoms with Crippen molar-refractivity contribution in [2.24, 2.45) is 0 Å². The molecule has 6 rings (SSSR count). The summed E-state index contributed by atoms with van der Waals surface area (Å²) in [5.41, 5.74) is 1.41. The number of hydrogen-bond donors (Lipinski definition) is 1. The van der Waals surface area contributed by atoms with Crippen LogP contribution in [0.4, 0.5) is 0 Å². The van der Waals surface area contributed by atoms with E-state index in [9.17, 15) is 13.2 Å². The number of thiazole rings is 1. The minimum Gasteiger partial charge on any atom is -0.448 e. The molecule has 1 amide bonds. The third kappa shape index (κ3) is 3.49. The lowest BCUT2D eigenvalue weighted by Gasteiger charge is -2.33. The van der Waals surface area contributed by atoms with Crippen molar-refractivity contribution in [3.05, 3.63) is 66.7 Å². The van der Waals surface area contributed by atoms with E-state index >= 15 is 0 Å². The summed E-state index contributed by atoms with van der Waals surface area (Å²) in [6.45, 7) is 0.949. The average Bonchev–Trinajstić information content (AvgIpc) is 3.61. The van der Waals surface area contributed by atoms with Crippen LogP contribution in [-0.2, 0) is 10.0 Å². The molecule has 9 nitrogen and oxygen atoms in total. The zero-order valence-electron chi connectivity index (χ0n) is 17.8. The second kappa shape index (κ2) is 8.05. The highest BCUT2D eigenvalue weighted by Gasteiger charge is 2.33. The predicted octanol–water partition coefficient (Wildman–Crippen LogP) is 3.58. The second-order valence-corrected chi connectivity index (χ2v) is 10.8. The Morgan fingerprint density at radius 3 is 2.68 bits per heavy atom. The highest BCUT2D eigenvalue weighted by atomic mass is 32.2. The quantitative estimate of drug-likeness (QED) is 0.410. The number of H-pyrrole nitrogens is 1. The van der Waals surface area contributed by atoms with Crippen LogP contribution in [0.5, 0.6) is 0 Å². The van der Waals surface area contributed by atoms with Crippen LogP contribution in [0.1, 0.15) is 10.6 Å². The van der Waals surface area contributed by atoms with Gasteiger partial charge in [0.1, 0.15) is 10.5 Å². The number of piperazine rings is 1. The maximum absolute atomic E-state index is 13.2. The van der Waals surface area contributed by atoms with Crippen LogP contribution in [0.3, 0.4) is 0 Å². The number of rotatable bonds is 4. The van der Waals surface area contributed by atoms with E-state index in [1.165, 1.54) is 21.8 Å². The Morgan fingerprint density at radius 1 is 1.03 bits per heavy atom. The first-order chi connectivity index (χ1) is 16.5. The molecule has 0 unspecified atom stereocenters. The molecular weight excluding hydrogens is 474 g/mol. The van der Waals surface area contributed by atoms with Gasteiger partial charge in [-0.05, 0) is 36.4 Å². The van der Waals surface area contributed by atoms with Gasteiger partial charge in [0.25, 0.3) is 5.91 Å². The van der Waals surface area contributed by atoms with Gasteiger partial charge in [0, 0.05) is 44.0 Å². The average molecular weight is 494 g/mol. The summed E-state index contributed by atoms with van der Waals surface area (Å²) in [5, 5.41) is 1.27. The zero-order chi connectivity index (χ0) is 23.3. The number of aromatic nitrogens is 3. The molecule has 0 saturated carbocycles. The van der Waals surface area contributed by atoms with Crippen LogP contribution in [0.15, 0.2) is 70.2 Å². The first kappa shape index (κ1) is 21.0. The first-order valence-corrected chi connectivity index (χ1v) is 12.9. The number of amides is 1. The highest BCUT2D eigenvalue weighted by molar-refractivity contribution is 7.89. The van der Waals surface area contributed by atoms with Crippen LogP contribution in [-0.4, -0.2) is 64.7 Å². The number of benzene rings is 1. The van der Waals surface area contributed by atoms with Gasteiger partial charge in [-0.15, -0.1) is 11.3 Å². The number of aromatic amines is 1. The van der Waals surface area contributed by atoms with Gasteiger partial charge >= 0.3 is 0 Å². The number of furan rings is 1. The van der Waals surface area contributed by atoms with Gasteiger partial charge < -0.3 is 14.3 Å². The van der Waals surface area contributed by atoms with Crippen LogP contribution in [0.2, 0.25) is 0 Å². The van der Waals surface area contributed by atoms with Gasteiger partial charge in [0.2, 0.25) is 10.0 Å². The summed E-state index contributed by atoms with van der Waals surface area (Å²) in [4.78, 5) is 26.5. The largest absolute Gasteiger partial charge is 0.448 e. The third-order valence-electron chi connectivity index (χ3n) is 5.88. The molecule has 0 bridgehead atoms. The summed E-state index contributed by atoms with van der Waals surface area (Å²) in [7, 11) is -3.71. The fourth-order valence-electron chi connectivity index (χ4n) is 4.12. The van der Waals surface area contributed by atoms with E-state index in [1.54, 1.807) is 35.4 Å². The van der Waals surface area contributed by atoms with Gasteiger partial charge in [-0.2, -0.15) is 4.31 Å². The van der Waals surface area contributed by atoms with E-state index in [4.69, 9.17) is 4.42 Å². The molecule has 1 aliphatic rings. The Kier molecular flexibility index (Phi) is 4.97. The molecule has 11 heteroatoms. The van der Waals surface area contributed by atoms with E-state index in [0.29, 0.717) is 21.8 Å². The maximum Gasteiger partial charge on any atom is 0.289 e. The van der Waals surface area contributed by atoms with Gasteiger partial charge in [0.15, 0.2) is 16.5 Å². The molecule has 1 fully saturated rings. The monoisotopic (exact) mass is 493 g/mol. The molecule has 0 spiro atoms. The Labute approximate surface area is 198 Å². The van der Waals surface area contributed by atoms with E-state index in [0.717, 1.165) is 10.2 Å². The van der Waals surface area contributed by atoms with E-state index in [-0.39, 0.29) is 42.7 Å². The second-order valence-electron chi connectivity index (χ2n) is 7.90. The zero-order valence-corrected chi connectivity index (χ0v) is 19.5. The summed E-state index contributed by atoms with van der Waals surface area (Å²) in [6.07, 6.45) is 3.08. The van der Waals surface area contributed by atoms with E-state index in [2.05, 4.69) is 15.0 Å². The fraction of sp³-hybridized carbons (Fsp3) is 0.174. The molecular formula is C23H19N5O4S2. The van der Waals surface area contributed by atoms with Gasteiger partial charge in [-0.25, -0.2) is 18.4 Å². The molecule has 5 heterocycles. The summed E-state index contributed by atoms with van der Waals surface area (Å²) in [5.74, 6) is 0.493. The standard InChI is InChI=1S/C23H19N5O4S2/c29-23(18-8-7-17(32-18)22-26-16-5-1-2-6-19(16)33-22)27-10-12-28(13-11-27)34(30,31)20-14-25-21-15(20)4-3-9-24-21/h1-9,14H,10-13H2,(H,24,25). The number of carbonyl (C=O) groups is 1. The van der Waals surface area contributed by atoms with Crippen molar-refractivity contribution in [3.8, 4) is 10.8 Å². The predicted molar refractivity (Wildman–Crippen MR) is 128 cm³/mol.